The number of carbonyl (C=O) groups excluding carboxylic acids is 2. The van der Waals surface area contributed by atoms with Crippen molar-refractivity contribution in [2.75, 3.05) is 20.3 Å². The number of esters is 1. The number of rotatable bonds is 5. The van der Waals surface area contributed by atoms with E-state index in [9.17, 15) is 9.59 Å². The first-order valence-corrected chi connectivity index (χ1v) is 4.01. The van der Waals surface area contributed by atoms with Crippen molar-refractivity contribution in [3.05, 3.63) is 0 Å². The van der Waals surface area contributed by atoms with Crippen molar-refractivity contribution in [2.24, 2.45) is 0 Å². The first kappa shape index (κ1) is 11.9. The minimum absolute atomic E-state index is 0.00359. The lowest BCUT2D eigenvalue weighted by Gasteiger charge is -2.07. The molecule has 0 aromatic rings. The summed E-state index contributed by atoms with van der Waals surface area (Å²) in [4.78, 5) is 21.5. The van der Waals surface area contributed by atoms with E-state index in [1.54, 1.807) is 0 Å². The molecule has 1 amide bonds. The van der Waals surface area contributed by atoms with Crippen molar-refractivity contribution >= 4 is 11.9 Å². The summed E-state index contributed by atoms with van der Waals surface area (Å²) in [5, 5.41) is 2.35. The van der Waals surface area contributed by atoms with Crippen molar-refractivity contribution in [2.45, 2.75) is 20.0 Å². The van der Waals surface area contributed by atoms with Crippen LogP contribution in [-0.4, -0.2) is 38.2 Å². The topological polar surface area (TPSA) is 64.6 Å². The molecule has 0 heterocycles. The Balaban J connectivity index is 3.46. The van der Waals surface area contributed by atoms with E-state index >= 15 is 0 Å². The fourth-order valence-electron chi connectivity index (χ4n) is 0.536. The Morgan fingerprint density at radius 2 is 2.00 bits per heavy atom. The van der Waals surface area contributed by atoms with Crippen LogP contribution in [0.2, 0.25) is 0 Å². The lowest BCUT2D eigenvalue weighted by atomic mass is 10.5. The van der Waals surface area contributed by atoms with Crippen LogP contribution >= 0.6 is 0 Å². The second-order valence-electron chi connectivity index (χ2n) is 2.71. The molecule has 0 fully saturated rings. The average Bonchev–Trinajstić information content (AvgIpc) is 2.10. The van der Waals surface area contributed by atoms with Crippen LogP contribution in [0.5, 0.6) is 0 Å². The fourth-order valence-corrected chi connectivity index (χ4v) is 0.536. The maximum absolute atomic E-state index is 10.9. The SMILES string of the molecule is COC(=O)CNC(=O)COC(C)C. The van der Waals surface area contributed by atoms with E-state index in [0.29, 0.717) is 0 Å². The lowest BCUT2D eigenvalue weighted by Crippen LogP contribution is -2.33. The van der Waals surface area contributed by atoms with Gasteiger partial charge in [0, 0.05) is 0 Å². The molecule has 76 valence electrons. The Morgan fingerprint density at radius 3 is 2.46 bits per heavy atom. The largest absolute Gasteiger partial charge is 0.468 e. The summed E-state index contributed by atoms with van der Waals surface area (Å²) in [6, 6.07) is 0. The van der Waals surface area contributed by atoms with Gasteiger partial charge in [-0.25, -0.2) is 0 Å². The molecular formula is C8H15NO4. The Kier molecular flexibility index (Phi) is 5.88. The van der Waals surface area contributed by atoms with Gasteiger partial charge < -0.3 is 14.8 Å². The molecular weight excluding hydrogens is 174 g/mol. The normalized spacial score (nSPS) is 9.85. The van der Waals surface area contributed by atoms with Crippen LogP contribution in [0.4, 0.5) is 0 Å². The van der Waals surface area contributed by atoms with Gasteiger partial charge in [-0.1, -0.05) is 0 Å². The van der Waals surface area contributed by atoms with E-state index in [1.165, 1.54) is 7.11 Å². The lowest BCUT2D eigenvalue weighted by molar-refractivity contribution is -0.141. The zero-order valence-electron chi connectivity index (χ0n) is 8.12. The van der Waals surface area contributed by atoms with Crippen LogP contribution in [0.3, 0.4) is 0 Å². The first-order chi connectivity index (χ1) is 6.06. The van der Waals surface area contributed by atoms with Crippen LogP contribution in [-0.2, 0) is 19.1 Å². The van der Waals surface area contributed by atoms with E-state index in [4.69, 9.17) is 4.74 Å². The molecule has 0 aliphatic carbocycles. The molecule has 0 aliphatic heterocycles. The summed E-state index contributed by atoms with van der Waals surface area (Å²) in [6.45, 7) is 3.51. The highest BCUT2D eigenvalue weighted by Crippen LogP contribution is 1.85. The number of methoxy groups -OCH3 is 1. The van der Waals surface area contributed by atoms with Gasteiger partial charge in [0.15, 0.2) is 0 Å². The smallest absolute Gasteiger partial charge is 0.325 e. The van der Waals surface area contributed by atoms with Crippen molar-refractivity contribution < 1.29 is 19.1 Å². The van der Waals surface area contributed by atoms with Crippen molar-refractivity contribution in [3.63, 3.8) is 0 Å². The highest BCUT2D eigenvalue weighted by atomic mass is 16.5. The quantitative estimate of drug-likeness (QED) is 0.603. The summed E-state index contributed by atoms with van der Waals surface area (Å²) < 4.78 is 9.34. The molecule has 5 heteroatoms. The molecule has 0 radical (unpaired) electrons. The summed E-state index contributed by atoms with van der Waals surface area (Å²) in [5.74, 6) is -0.794. The number of nitrogens with one attached hydrogen (secondary N) is 1. The monoisotopic (exact) mass is 189 g/mol. The molecule has 0 atom stereocenters. The van der Waals surface area contributed by atoms with Gasteiger partial charge in [0.1, 0.15) is 13.2 Å². The number of carbonyl (C=O) groups is 2. The molecule has 0 spiro atoms. The van der Waals surface area contributed by atoms with Crippen molar-refractivity contribution in [3.8, 4) is 0 Å². The van der Waals surface area contributed by atoms with Crippen LogP contribution in [0.1, 0.15) is 13.8 Å². The third-order valence-corrected chi connectivity index (χ3v) is 1.21. The maximum Gasteiger partial charge on any atom is 0.325 e. The zero-order chi connectivity index (χ0) is 10.3. The molecule has 0 unspecified atom stereocenters. The second kappa shape index (κ2) is 6.42. The molecule has 0 aromatic carbocycles. The van der Waals surface area contributed by atoms with Crippen LogP contribution < -0.4 is 5.32 Å². The number of hydrogen-bond acceptors (Lipinski definition) is 4. The molecule has 0 saturated heterocycles. The van der Waals surface area contributed by atoms with E-state index in [1.807, 2.05) is 13.8 Å². The Morgan fingerprint density at radius 1 is 1.38 bits per heavy atom. The van der Waals surface area contributed by atoms with Crippen LogP contribution in [0, 0.1) is 0 Å². The summed E-state index contributed by atoms with van der Waals surface area (Å²) in [6.07, 6.45) is 0.00359. The van der Waals surface area contributed by atoms with Crippen molar-refractivity contribution in [1.29, 1.82) is 0 Å². The summed E-state index contributed by atoms with van der Waals surface area (Å²) >= 11 is 0. The van der Waals surface area contributed by atoms with E-state index < -0.39 is 5.97 Å². The average molecular weight is 189 g/mol. The molecule has 5 nitrogen and oxygen atoms in total. The zero-order valence-corrected chi connectivity index (χ0v) is 8.12. The number of ether oxygens (including phenoxy) is 2. The summed E-state index contributed by atoms with van der Waals surface area (Å²) in [5.41, 5.74) is 0. The van der Waals surface area contributed by atoms with E-state index in [2.05, 4.69) is 10.1 Å². The predicted molar refractivity (Wildman–Crippen MR) is 46.1 cm³/mol. The third kappa shape index (κ3) is 7.27. The first-order valence-electron chi connectivity index (χ1n) is 4.01. The van der Waals surface area contributed by atoms with Gasteiger partial charge in [-0.05, 0) is 13.8 Å². The van der Waals surface area contributed by atoms with Crippen LogP contribution in [0.25, 0.3) is 0 Å². The molecule has 0 aromatic heterocycles. The van der Waals surface area contributed by atoms with E-state index in [0.717, 1.165) is 0 Å². The van der Waals surface area contributed by atoms with Gasteiger partial charge >= 0.3 is 5.97 Å². The summed E-state index contributed by atoms with van der Waals surface area (Å²) in [7, 11) is 1.26. The Labute approximate surface area is 77.4 Å². The maximum atomic E-state index is 10.9. The standard InChI is InChI=1S/C8H15NO4/c1-6(2)13-5-7(10)9-4-8(11)12-3/h6H,4-5H2,1-3H3,(H,9,10). The number of hydrogen-bond donors (Lipinski definition) is 1. The molecule has 0 saturated carbocycles. The van der Waals surface area contributed by atoms with Gasteiger partial charge in [0.25, 0.3) is 0 Å². The molecule has 1 N–H and O–H groups in total. The highest BCUT2D eigenvalue weighted by molar-refractivity contribution is 5.82. The molecule has 0 rings (SSSR count). The number of amides is 1. The molecule has 0 aliphatic rings. The molecule has 0 bridgehead atoms. The van der Waals surface area contributed by atoms with Gasteiger partial charge in [-0.2, -0.15) is 0 Å². The van der Waals surface area contributed by atoms with Crippen LogP contribution in [0.15, 0.2) is 0 Å². The predicted octanol–water partition coefficient (Wildman–Crippen LogP) is -0.299. The minimum Gasteiger partial charge on any atom is -0.468 e. The Hall–Kier alpha value is -1.10. The Bertz CT molecular complexity index is 179. The fraction of sp³-hybridized carbons (Fsp3) is 0.750. The molecule has 13 heavy (non-hydrogen) atoms. The highest BCUT2D eigenvalue weighted by Gasteiger charge is 2.05. The third-order valence-electron chi connectivity index (χ3n) is 1.21. The minimum atomic E-state index is -0.474. The van der Waals surface area contributed by atoms with Crippen molar-refractivity contribution in [1.82, 2.24) is 5.32 Å². The second-order valence-corrected chi connectivity index (χ2v) is 2.71. The van der Waals surface area contributed by atoms with Gasteiger partial charge in [0.2, 0.25) is 5.91 Å². The van der Waals surface area contributed by atoms with E-state index in [-0.39, 0.29) is 25.2 Å². The van der Waals surface area contributed by atoms with Gasteiger partial charge in [-0.3, -0.25) is 9.59 Å². The van der Waals surface area contributed by atoms with Gasteiger partial charge in [-0.15, -0.1) is 0 Å². The van der Waals surface area contributed by atoms with Gasteiger partial charge in [0.05, 0.1) is 13.2 Å².